The average Bonchev–Trinajstić information content (AvgIpc) is 3.46. The number of benzene rings is 4. The maximum absolute atomic E-state index is 14.7. The van der Waals surface area contributed by atoms with Crippen molar-refractivity contribution < 1.29 is 28.2 Å². The van der Waals surface area contributed by atoms with E-state index in [4.69, 9.17) is 9.47 Å². The Morgan fingerprint density at radius 1 is 0.810 bits per heavy atom. The van der Waals surface area contributed by atoms with Gasteiger partial charge in [-0.15, -0.1) is 0 Å². The van der Waals surface area contributed by atoms with E-state index >= 15 is 0 Å². The summed E-state index contributed by atoms with van der Waals surface area (Å²) in [6.45, 7) is 0. The fourth-order valence-corrected chi connectivity index (χ4v) is 7.14. The molecule has 0 radical (unpaired) electrons. The lowest BCUT2D eigenvalue weighted by Gasteiger charge is -2.37. The molecule has 0 unspecified atom stereocenters. The minimum atomic E-state index is -1.67. The van der Waals surface area contributed by atoms with Crippen molar-refractivity contribution in [3.05, 3.63) is 131 Å². The van der Waals surface area contributed by atoms with Crippen LogP contribution in [0.1, 0.15) is 48.1 Å². The third kappa shape index (κ3) is 3.40. The largest absolute Gasteiger partial charge is 0.493 e. The summed E-state index contributed by atoms with van der Waals surface area (Å²) in [4.78, 5) is 45.9. The fraction of sp³-hybridized carbons (Fsp3) is 0.171. The summed E-state index contributed by atoms with van der Waals surface area (Å²) in [5, 5.41) is 0. The van der Waals surface area contributed by atoms with Crippen LogP contribution in [0.5, 0.6) is 11.5 Å². The monoisotopic (exact) mass is 559 g/mol. The standard InChI is InChI=1S/C35H26FNO5/c1-41-27-16-12-22(19-28(27)42-2)30-31(32(38)20-8-4-3-5-9-20)37-26-15-14-23(36)18-21(26)13-17-29(37)35(30)33(39)24-10-6-7-11-25(24)34(35)40/h3-19,29-31H,1-2H3/t29-,30+,31+/m0/s1. The van der Waals surface area contributed by atoms with E-state index in [9.17, 15) is 18.8 Å². The van der Waals surface area contributed by atoms with Crippen LogP contribution in [-0.4, -0.2) is 43.7 Å². The summed E-state index contributed by atoms with van der Waals surface area (Å²) in [5.41, 5.74) is 1.17. The van der Waals surface area contributed by atoms with Crippen molar-refractivity contribution in [2.24, 2.45) is 5.41 Å². The highest BCUT2D eigenvalue weighted by atomic mass is 19.1. The molecule has 2 heterocycles. The lowest BCUT2D eigenvalue weighted by molar-refractivity contribution is 0.0665. The molecular weight excluding hydrogens is 533 g/mol. The SMILES string of the molecule is COc1ccc([C@@H]2[C@H](C(=O)c3ccccc3)N3c4ccc(F)cc4C=C[C@H]3C23C(=O)c2ccccc2C3=O)cc1OC. The van der Waals surface area contributed by atoms with Crippen molar-refractivity contribution in [3.63, 3.8) is 0 Å². The summed E-state index contributed by atoms with van der Waals surface area (Å²) >= 11 is 0. The number of Topliss-reactive ketones (excluding diaryl/α,β-unsaturated/α-hetero) is 3. The molecule has 7 heteroatoms. The predicted molar refractivity (Wildman–Crippen MR) is 156 cm³/mol. The normalized spacial score (nSPS) is 21.2. The quantitative estimate of drug-likeness (QED) is 0.216. The molecule has 4 aromatic carbocycles. The summed E-state index contributed by atoms with van der Waals surface area (Å²) in [5.74, 6) is -1.37. The summed E-state index contributed by atoms with van der Waals surface area (Å²) < 4.78 is 25.5. The zero-order chi connectivity index (χ0) is 29.2. The van der Waals surface area contributed by atoms with Crippen LogP contribution in [0.3, 0.4) is 0 Å². The van der Waals surface area contributed by atoms with Gasteiger partial charge >= 0.3 is 0 Å². The first kappa shape index (κ1) is 25.9. The van der Waals surface area contributed by atoms with Gasteiger partial charge in [-0.2, -0.15) is 0 Å². The minimum Gasteiger partial charge on any atom is -0.493 e. The Hall–Kier alpha value is -5.04. The maximum Gasteiger partial charge on any atom is 0.185 e. The number of ether oxygens (including phenoxy) is 2. The Morgan fingerprint density at radius 3 is 2.14 bits per heavy atom. The summed E-state index contributed by atoms with van der Waals surface area (Å²) in [6, 6.07) is 23.5. The molecule has 0 amide bonds. The smallest absolute Gasteiger partial charge is 0.185 e. The Balaban J connectivity index is 1.56. The van der Waals surface area contributed by atoms with Gasteiger partial charge in [0.05, 0.1) is 20.3 Å². The van der Waals surface area contributed by atoms with E-state index in [0.29, 0.717) is 45.0 Å². The van der Waals surface area contributed by atoms with E-state index in [2.05, 4.69) is 0 Å². The first-order valence-electron chi connectivity index (χ1n) is 13.7. The lowest BCUT2D eigenvalue weighted by Crippen LogP contribution is -2.48. The van der Waals surface area contributed by atoms with Crippen molar-refractivity contribution in [3.8, 4) is 11.5 Å². The van der Waals surface area contributed by atoms with E-state index in [1.807, 2.05) is 11.0 Å². The van der Waals surface area contributed by atoms with Crippen molar-refractivity contribution in [1.29, 1.82) is 0 Å². The van der Waals surface area contributed by atoms with Crippen molar-refractivity contribution in [1.82, 2.24) is 0 Å². The first-order chi connectivity index (χ1) is 20.4. The van der Waals surface area contributed by atoms with Crippen molar-refractivity contribution >= 4 is 29.1 Å². The van der Waals surface area contributed by atoms with Crippen LogP contribution < -0.4 is 14.4 Å². The van der Waals surface area contributed by atoms with Crippen molar-refractivity contribution in [2.45, 2.75) is 18.0 Å². The highest BCUT2D eigenvalue weighted by Gasteiger charge is 2.71. The molecule has 2 aliphatic heterocycles. The predicted octanol–water partition coefficient (Wildman–Crippen LogP) is 6.16. The minimum absolute atomic E-state index is 0.251. The molecular formula is C35H26FNO5. The highest BCUT2D eigenvalue weighted by molar-refractivity contribution is 6.32. The molecule has 0 bridgehead atoms. The molecule has 7 rings (SSSR count). The topological polar surface area (TPSA) is 72.9 Å². The van der Waals surface area contributed by atoms with Crippen LogP contribution in [-0.2, 0) is 0 Å². The second-order valence-corrected chi connectivity index (χ2v) is 10.8. The third-order valence-corrected chi connectivity index (χ3v) is 8.86. The van der Waals surface area contributed by atoms with Gasteiger partial charge in [0, 0.05) is 33.9 Å². The zero-order valence-electron chi connectivity index (χ0n) is 22.9. The van der Waals surface area contributed by atoms with Crippen LogP contribution >= 0.6 is 0 Å². The van der Waals surface area contributed by atoms with Gasteiger partial charge in [0.2, 0.25) is 0 Å². The van der Waals surface area contributed by atoms with E-state index in [-0.39, 0.29) is 17.3 Å². The number of carbonyl (C=O) groups excluding carboxylic acids is 3. The number of ketones is 3. The third-order valence-electron chi connectivity index (χ3n) is 8.86. The number of fused-ring (bicyclic) bond motifs is 5. The van der Waals surface area contributed by atoms with Crippen LogP contribution in [0.2, 0.25) is 0 Å². The van der Waals surface area contributed by atoms with E-state index < -0.39 is 29.2 Å². The Kier molecular flexibility index (Phi) is 5.87. The molecule has 3 atom stereocenters. The van der Waals surface area contributed by atoms with E-state index in [1.165, 1.54) is 26.4 Å². The number of halogens is 1. The molecule has 1 aliphatic carbocycles. The molecule has 1 spiro atoms. The maximum atomic E-state index is 14.7. The van der Waals surface area contributed by atoms with Crippen LogP contribution in [0.4, 0.5) is 10.1 Å². The van der Waals surface area contributed by atoms with Gasteiger partial charge < -0.3 is 14.4 Å². The highest BCUT2D eigenvalue weighted by Crippen LogP contribution is 2.61. The zero-order valence-corrected chi connectivity index (χ0v) is 22.9. The number of methoxy groups -OCH3 is 2. The molecule has 1 fully saturated rings. The van der Waals surface area contributed by atoms with E-state index in [1.54, 1.807) is 84.9 Å². The average molecular weight is 560 g/mol. The van der Waals surface area contributed by atoms with Crippen LogP contribution in [0.25, 0.3) is 6.08 Å². The van der Waals surface area contributed by atoms with Gasteiger partial charge in [0.25, 0.3) is 0 Å². The van der Waals surface area contributed by atoms with Gasteiger partial charge in [-0.25, -0.2) is 4.39 Å². The second-order valence-electron chi connectivity index (χ2n) is 10.8. The van der Waals surface area contributed by atoms with Gasteiger partial charge in [-0.1, -0.05) is 72.8 Å². The number of nitrogens with zero attached hydrogens (tertiary/aromatic N) is 1. The molecule has 0 N–H and O–H groups in total. The Labute approximate surface area is 242 Å². The second kappa shape index (κ2) is 9.52. The molecule has 0 saturated carbocycles. The number of rotatable bonds is 5. The van der Waals surface area contributed by atoms with Gasteiger partial charge in [-0.05, 0) is 35.9 Å². The van der Waals surface area contributed by atoms with Crippen molar-refractivity contribution in [2.75, 3.05) is 19.1 Å². The Bertz CT molecular complexity index is 1780. The molecule has 42 heavy (non-hydrogen) atoms. The summed E-state index contributed by atoms with van der Waals surface area (Å²) in [6.07, 6.45) is 3.52. The number of hydrogen-bond acceptors (Lipinski definition) is 6. The van der Waals surface area contributed by atoms with Crippen LogP contribution in [0, 0.1) is 11.2 Å². The molecule has 4 aromatic rings. The number of carbonyl (C=O) groups is 3. The molecule has 6 nitrogen and oxygen atoms in total. The van der Waals surface area contributed by atoms with Gasteiger partial charge in [0.15, 0.2) is 28.8 Å². The lowest BCUT2D eigenvalue weighted by atomic mass is 9.64. The molecule has 0 aromatic heterocycles. The van der Waals surface area contributed by atoms with Gasteiger partial charge in [-0.3, -0.25) is 14.4 Å². The molecule has 3 aliphatic rings. The number of anilines is 1. The molecule has 1 saturated heterocycles. The summed E-state index contributed by atoms with van der Waals surface area (Å²) in [7, 11) is 3.04. The fourth-order valence-electron chi connectivity index (χ4n) is 7.14. The van der Waals surface area contributed by atoms with Gasteiger partial charge in [0.1, 0.15) is 17.3 Å². The van der Waals surface area contributed by atoms with Crippen LogP contribution in [0.15, 0.2) is 97.1 Å². The first-order valence-corrected chi connectivity index (χ1v) is 13.7. The van der Waals surface area contributed by atoms with E-state index in [0.717, 1.165) is 0 Å². The Morgan fingerprint density at radius 2 is 1.48 bits per heavy atom. The number of hydrogen-bond donors (Lipinski definition) is 0. The molecule has 208 valence electrons.